The molecule has 1 saturated heterocycles. The van der Waals surface area contributed by atoms with Crippen LogP contribution in [0.3, 0.4) is 0 Å². The lowest BCUT2D eigenvalue weighted by atomic mass is 9.97. The Bertz CT molecular complexity index is 450. The van der Waals surface area contributed by atoms with Crippen molar-refractivity contribution in [1.82, 2.24) is 0 Å². The molecule has 2 aliphatic rings. The summed E-state index contributed by atoms with van der Waals surface area (Å²) >= 11 is 0. The van der Waals surface area contributed by atoms with Gasteiger partial charge in [0.25, 0.3) is 0 Å². The van der Waals surface area contributed by atoms with Crippen LogP contribution in [0.25, 0.3) is 0 Å². The average Bonchev–Trinajstić information content (AvgIpc) is 3.15. The average molecular weight is 260 g/mol. The first kappa shape index (κ1) is 12.7. The highest BCUT2D eigenvalue weighted by Gasteiger charge is 2.61. The normalized spacial score (nSPS) is 30.9. The maximum absolute atomic E-state index is 12.2. The third-order valence-corrected chi connectivity index (χ3v) is 4.14. The van der Waals surface area contributed by atoms with Gasteiger partial charge in [0, 0.05) is 0 Å². The summed E-state index contributed by atoms with van der Waals surface area (Å²) in [5.41, 5.74) is 0.268. The van der Waals surface area contributed by atoms with Gasteiger partial charge in [0.15, 0.2) is 5.60 Å². The van der Waals surface area contributed by atoms with E-state index in [1.807, 2.05) is 37.3 Å². The van der Waals surface area contributed by atoms with Crippen LogP contribution in [0.2, 0.25) is 0 Å². The molecule has 102 valence electrons. The van der Waals surface area contributed by atoms with Crippen molar-refractivity contribution >= 4 is 5.97 Å². The SMILES string of the molecule is CC1(C(=O)OC2CCCCC2)OC1c1ccccc1. The fourth-order valence-corrected chi connectivity index (χ4v) is 2.83. The van der Waals surface area contributed by atoms with Crippen molar-refractivity contribution < 1.29 is 14.3 Å². The van der Waals surface area contributed by atoms with Crippen LogP contribution in [0, 0.1) is 0 Å². The molecule has 2 fully saturated rings. The molecule has 1 heterocycles. The Hall–Kier alpha value is -1.35. The van der Waals surface area contributed by atoms with Crippen molar-refractivity contribution in [2.75, 3.05) is 0 Å². The fraction of sp³-hybridized carbons (Fsp3) is 0.562. The van der Waals surface area contributed by atoms with Gasteiger partial charge in [0.2, 0.25) is 0 Å². The number of carbonyl (C=O) groups excluding carboxylic acids is 1. The fourth-order valence-electron chi connectivity index (χ4n) is 2.83. The summed E-state index contributed by atoms with van der Waals surface area (Å²) in [5, 5.41) is 0. The zero-order valence-corrected chi connectivity index (χ0v) is 11.3. The molecule has 1 aliphatic carbocycles. The topological polar surface area (TPSA) is 38.8 Å². The van der Waals surface area contributed by atoms with E-state index in [0.717, 1.165) is 31.2 Å². The molecule has 19 heavy (non-hydrogen) atoms. The molecule has 1 aliphatic heterocycles. The van der Waals surface area contributed by atoms with Gasteiger partial charge >= 0.3 is 5.97 Å². The first-order valence-corrected chi connectivity index (χ1v) is 7.14. The van der Waals surface area contributed by atoms with Crippen LogP contribution in [0.4, 0.5) is 0 Å². The van der Waals surface area contributed by atoms with Crippen molar-refractivity contribution in [3.05, 3.63) is 35.9 Å². The summed E-state index contributed by atoms with van der Waals surface area (Å²) in [5.74, 6) is -0.201. The summed E-state index contributed by atoms with van der Waals surface area (Å²) in [6.45, 7) is 1.83. The molecule has 3 rings (SSSR count). The minimum absolute atomic E-state index is 0.0960. The highest BCUT2D eigenvalue weighted by Crippen LogP contribution is 2.50. The number of esters is 1. The Morgan fingerprint density at radius 3 is 2.58 bits per heavy atom. The van der Waals surface area contributed by atoms with Gasteiger partial charge in [0.05, 0.1) is 0 Å². The smallest absolute Gasteiger partial charge is 0.341 e. The van der Waals surface area contributed by atoms with Gasteiger partial charge in [-0.25, -0.2) is 4.79 Å². The van der Waals surface area contributed by atoms with Crippen LogP contribution < -0.4 is 0 Å². The second-order valence-corrected chi connectivity index (χ2v) is 5.68. The van der Waals surface area contributed by atoms with Gasteiger partial charge in [-0.05, 0) is 38.2 Å². The molecule has 1 aromatic carbocycles. The number of rotatable bonds is 3. The van der Waals surface area contributed by atoms with E-state index < -0.39 is 5.60 Å². The minimum Gasteiger partial charge on any atom is -0.460 e. The van der Waals surface area contributed by atoms with Gasteiger partial charge in [-0.2, -0.15) is 0 Å². The predicted molar refractivity (Wildman–Crippen MR) is 71.6 cm³/mol. The zero-order valence-electron chi connectivity index (χ0n) is 11.3. The molecule has 2 atom stereocenters. The third kappa shape index (κ3) is 2.52. The van der Waals surface area contributed by atoms with E-state index in [2.05, 4.69) is 0 Å². The quantitative estimate of drug-likeness (QED) is 0.617. The van der Waals surface area contributed by atoms with Crippen LogP contribution in [-0.4, -0.2) is 17.7 Å². The van der Waals surface area contributed by atoms with Gasteiger partial charge < -0.3 is 9.47 Å². The summed E-state index contributed by atoms with van der Waals surface area (Å²) < 4.78 is 11.2. The van der Waals surface area contributed by atoms with Gasteiger partial charge in [-0.1, -0.05) is 36.8 Å². The van der Waals surface area contributed by atoms with Crippen LogP contribution >= 0.6 is 0 Å². The Morgan fingerprint density at radius 1 is 1.21 bits per heavy atom. The van der Waals surface area contributed by atoms with E-state index >= 15 is 0 Å². The van der Waals surface area contributed by atoms with Crippen LogP contribution in [0.5, 0.6) is 0 Å². The monoisotopic (exact) mass is 260 g/mol. The van der Waals surface area contributed by atoms with E-state index in [4.69, 9.17) is 9.47 Å². The molecule has 0 amide bonds. The molecule has 1 aromatic rings. The van der Waals surface area contributed by atoms with Crippen molar-refractivity contribution in [2.45, 2.75) is 56.8 Å². The number of benzene rings is 1. The van der Waals surface area contributed by atoms with Gasteiger partial charge in [0.1, 0.15) is 12.2 Å². The zero-order chi connectivity index (χ0) is 13.3. The maximum Gasteiger partial charge on any atom is 0.341 e. The van der Waals surface area contributed by atoms with Crippen LogP contribution in [0.1, 0.15) is 50.7 Å². The molecular formula is C16H20O3. The second-order valence-electron chi connectivity index (χ2n) is 5.68. The molecule has 3 heteroatoms. The van der Waals surface area contributed by atoms with Crippen LogP contribution in [-0.2, 0) is 14.3 Å². The number of ether oxygens (including phenoxy) is 2. The van der Waals surface area contributed by atoms with Gasteiger partial charge in [-0.3, -0.25) is 0 Å². The molecule has 2 unspecified atom stereocenters. The Labute approximate surface area is 113 Å². The van der Waals surface area contributed by atoms with Crippen LogP contribution in [0.15, 0.2) is 30.3 Å². The van der Waals surface area contributed by atoms with E-state index in [9.17, 15) is 4.79 Å². The molecular weight excluding hydrogens is 240 g/mol. The molecule has 1 saturated carbocycles. The van der Waals surface area contributed by atoms with Gasteiger partial charge in [-0.15, -0.1) is 0 Å². The van der Waals surface area contributed by atoms with E-state index in [-0.39, 0.29) is 18.2 Å². The molecule has 3 nitrogen and oxygen atoms in total. The first-order chi connectivity index (χ1) is 9.20. The Kier molecular flexibility index (Phi) is 3.31. The lowest BCUT2D eigenvalue weighted by molar-refractivity contribution is -0.156. The summed E-state index contributed by atoms with van der Waals surface area (Å²) in [4.78, 5) is 12.2. The lowest BCUT2D eigenvalue weighted by Gasteiger charge is -2.22. The molecule has 0 radical (unpaired) electrons. The summed E-state index contributed by atoms with van der Waals surface area (Å²) in [6.07, 6.45) is 5.53. The summed E-state index contributed by atoms with van der Waals surface area (Å²) in [6, 6.07) is 9.87. The van der Waals surface area contributed by atoms with Crippen molar-refractivity contribution in [3.63, 3.8) is 0 Å². The predicted octanol–water partition coefficient (Wildman–Crippen LogP) is 3.39. The van der Waals surface area contributed by atoms with E-state index in [1.54, 1.807) is 0 Å². The van der Waals surface area contributed by atoms with E-state index in [0.29, 0.717) is 0 Å². The third-order valence-electron chi connectivity index (χ3n) is 4.14. The number of hydrogen-bond acceptors (Lipinski definition) is 3. The maximum atomic E-state index is 12.2. The minimum atomic E-state index is -0.779. The highest BCUT2D eigenvalue weighted by molar-refractivity contribution is 5.83. The number of hydrogen-bond donors (Lipinski definition) is 0. The van der Waals surface area contributed by atoms with Crippen molar-refractivity contribution in [3.8, 4) is 0 Å². The summed E-state index contributed by atoms with van der Waals surface area (Å²) in [7, 11) is 0. The lowest BCUT2D eigenvalue weighted by Crippen LogP contribution is -2.30. The number of carbonyl (C=O) groups is 1. The van der Waals surface area contributed by atoms with Crippen molar-refractivity contribution in [2.24, 2.45) is 0 Å². The number of epoxide rings is 1. The molecule has 0 spiro atoms. The highest BCUT2D eigenvalue weighted by atomic mass is 16.7. The second kappa shape index (κ2) is 4.97. The van der Waals surface area contributed by atoms with Crippen molar-refractivity contribution in [1.29, 1.82) is 0 Å². The Balaban J connectivity index is 1.61. The largest absolute Gasteiger partial charge is 0.460 e. The first-order valence-electron chi connectivity index (χ1n) is 7.14. The standard InChI is InChI=1S/C16H20O3/c1-16(14(19-16)12-8-4-2-5-9-12)15(17)18-13-10-6-3-7-11-13/h2,4-5,8-9,13-14H,3,6-7,10-11H2,1H3. The van der Waals surface area contributed by atoms with E-state index in [1.165, 1.54) is 6.42 Å². The molecule has 0 aromatic heterocycles. The molecule has 0 N–H and O–H groups in total. The molecule has 0 bridgehead atoms. The Morgan fingerprint density at radius 2 is 1.89 bits per heavy atom.